The van der Waals surface area contributed by atoms with Crippen molar-refractivity contribution < 1.29 is 27.4 Å². The van der Waals surface area contributed by atoms with Gasteiger partial charge in [-0.1, -0.05) is 18.2 Å². The maximum absolute atomic E-state index is 13.9. The fourth-order valence-electron chi connectivity index (χ4n) is 3.81. The number of hydrogen-bond acceptors (Lipinski definition) is 5. The Morgan fingerprint density at radius 3 is 2.53 bits per heavy atom. The molecule has 0 radical (unpaired) electrons. The molecule has 10 heteroatoms. The third kappa shape index (κ3) is 4.55. The molecule has 0 aliphatic carbocycles. The molecule has 0 unspecified atom stereocenters. The first kappa shape index (κ1) is 22.0. The van der Waals surface area contributed by atoms with Crippen molar-refractivity contribution in [1.29, 1.82) is 0 Å². The van der Waals surface area contributed by atoms with Crippen LogP contribution < -0.4 is 15.2 Å². The van der Waals surface area contributed by atoms with Crippen molar-refractivity contribution in [1.82, 2.24) is 9.62 Å². The molecule has 1 amide bonds. The fourth-order valence-corrected chi connectivity index (χ4v) is 4.50. The number of hydrogen-bond donors (Lipinski definition) is 3. The van der Waals surface area contributed by atoms with Crippen LogP contribution in [0.15, 0.2) is 42.5 Å². The van der Waals surface area contributed by atoms with Crippen molar-refractivity contribution in [2.45, 2.75) is 18.3 Å². The molecule has 3 rings (SSSR count). The number of phenols is 1. The first-order valence-electron chi connectivity index (χ1n) is 9.34. The van der Waals surface area contributed by atoms with E-state index in [0.29, 0.717) is 18.4 Å². The maximum atomic E-state index is 13.9. The van der Waals surface area contributed by atoms with Crippen LogP contribution in [0.4, 0.5) is 4.39 Å². The Bertz CT molecular complexity index is 1040. The van der Waals surface area contributed by atoms with Crippen LogP contribution in [0.5, 0.6) is 11.5 Å². The first-order chi connectivity index (χ1) is 14.2. The second-order valence-electron chi connectivity index (χ2n) is 7.27. The summed E-state index contributed by atoms with van der Waals surface area (Å²) in [5.74, 6) is -0.976. The Hall–Kier alpha value is -2.69. The van der Waals surface area contributed by atoms with Crippen molar-refractivity contribution >= 4 is 16.1 Å². The van der Waals surface area contributed by atoms with E-state index in [-0.39, 0.29) is 36.7 Å². The molecule has 162 valence electrons. The van der Waals surface area contributed by atoms with Crippen LogP contribution in [-0.2, 0) is 15.6 Å². The Balaban J connectivity index is 1.87. The fraction of sp³-hybridized carbons (Fsp3) is 0.350. The molecule has 0 saturated carbocycles. The average molecular weight is 437 g/mol. The molecule has 2 aromatic rings. The molecule has 0 spiro atoms. The zero-order valence-electron chi connectivity index (χ0n) is 16.5. The summed E-state index contributed by atoms with van der Waals surface area (Å²) >= 11 is 0. The minimum Gasteiger partial charge on any atom is -0.507 e. The molecule has 1 aliphatic rings. The highest BCUT2D eigenvalue weighted by Crippen LogP contribution is 2.36. The summed E-state index contributed by atoms with van der Waals surface area (Å²) in [4.78, 5) is 12.8. The third-order valence-electron chi connectivity index (χ3n) is 5.51. The number of carbonyl (C=O) groups excluding carboxylic acids is 1. The Kier molecular flexibility index (Phi) is 6.30. The molecule has 2 aromatic carbocycles. The van der Waals surface area contributed by atoms with Gasteiger partial charge >= 0.3 is 0 Å². The Morgan fingerprint density at radius 2 is 1.93 bits per heavy atom. The van der Waals surface area contributed by atoms with Crippen molar-refractivity contribution in [3.63, 3.8) is 0 Å². The minimum absolute atomic E-state index is 0.00337. The predicted molar refractivity (Wildman–Crippen MR) is 109 cm³/mol. The van der Waals surface area contributed by atoms with Crippen LogP contribution in [-0.4, -0.2) is 50.5 Å². The number of methoxy groups -OCH3 is 1. The number of halogens is 1. The number of piperidine rings is 1. The second kappa shape index (κ2) is 8.58. The molecule has 1 heterocycles. The molecule has 0 atom stereocenters. The average Bonchev–Trinajstić information content (AvgIpc) is 2.71. The Labute approximate surface area is 174 Å². The van der Waals surface area contributed by atoms with Gasteiger partial charge in [-0.05, 0) is 42.7 Å². The summed E-state index contributed by atoms with van der Waals surface area (Å²) in [7, 11) is -2.44. The SMILES string of the molecule is COc1cccc(O)c1C(=O)NCC1(c2cccc(F)c2)CCN(S(N)(=O)=O)CC1. The quantitative estimate of drug-likeness (QED) is 0.632. The number of rotatable bonds is 6. The number of carbonyl (C=O) groups is 1. The number of nitrogens with one attached hydrogen (secondary N) is 1. The van der Waals surface area contributed by atoms with Crippen LogP contribution in [0.3, 0.4) is 0 Å². The third-order valence-corrected chi connectivity index (χ3v) is 6.60. The van der Waals surface area contributed by atoms with Gasteiger partial charge in [-0.3, -0.25) is 4.79 Å². The largest absolute Gasteiger partial charge is 0.507 e. The zero-order chi connectivity index (χ0) is 21.9. The van der Waals surface area contributed by atoms with Gasteiger partial charge in [0.25, 0.3) is 16.1 Å². The molecule has 0 aromatic heterocycles. The smallest absolute Gasteiger partial charge is 0.276 e. The van der Waals surface area contributed by atoms with Gasteiger partial charge in [0.2, 0.25) is 0 Å². The van der Waals surface area contributed by atoms with E-state index in [1.807, 2.05) is 0 Å². The topological polar surface area (TPSA) is 122 Å². The van der Waals surface area contributed by atoms with Crippen LogP contribution in [0.25, 0.3) is 0 Å². The summed E-state index contributed by atoms with van der Waals surface area (Å²) in [5.41, 5.74) is -0.0474. The predicted octanol–water partition coefficient (Wildman–Crippen LogP) is 1.51. The number of nitrogens with zero attached hydrogens (tertiary/aromatic N) is 1. The van der Waals surface area contributed by atoms with Gasteiger partial charge in [0, 0.05) is 25.0 Å². The lowest BCUT2D eigenvalue weighted by Crippen LogP contribution is -2.51. The number of ether oxygens (including phenoxy) is 1. The van der Waals surface area contributed by atoms with E-state index in [9.17, 15) is 22.7 Å². The molecule has 0 bridgehead atoms. The monoisotopic (exact) mass is 437 g/mol. The van der Waals surface area contributed by atoms with E-state index in [2.05, 4.69) is 5.32 Å². The van der Waals surface area contributed by atoms with Crippen molar-refractivity contribution in [3.8, 4) is 11.5 Å². The molecular formula is C20H24FN3O5S. The normalized spacial score (nSPS) is 16.8. The van der Waals surface area contributed by atoms with Crippen LogP contribution in [0.2, 0.25) is 0 Å². The lowest BCUT2D eigenvalue weighted by molar-refractivity contribution is 0.0927. The van der Waals surface area contributed by atoms with Crippen LogP contribution >= 0.6 is 0 Å². The standard InChI is InChI=1S/C20H24FN3O5S/c1-29-17-7-3-6-16(25)18(17)19(26)23-13-20(14-4-2-5-15(21)12-14)8-10-24(11-9-20)30(22,27)28/h2-7,12,25H,8-11,13H2,1H3,(H,23,26)(H2,22,27,28). The van der Waals surface area contributed by atoms with Gasteiger partial charge in [0.15, 0.2) is 0 Å². The van der Waals surface area contributed by atoms with Crippen molar-refractivity contribution in [2.75, 3.05) is 26.7 Å². The molecule has 4 N–H and O–H groups in total. The molecule has 1 saturated heterocycles. The van der Waals surface area contributed by atoms with Gasteiger partial charge in [0.05, 0.1) is 7.11 Å². The van der Waals surface area contributed by atoms with Gasteiger partial charge in [0.1, 0.15) is 22.9 Å². The number of amides is 1. The molecule has 1 fully saturated rings. The number of aromatic hydroxyl groups is 1. The second-order valence-corrected chi connectivity index (χ2v) is 8.82. The summed E-state index contributed by atoms with van der Waals surface area (Å²) in [6.45, 7) is 0.404. The van der Waals surface area contributed by atoms with Gasteiger partial charge < -0.3 is 15.2 Å². The van der Waals surface area contributed by atoms with Crippen LogP contribution in [0, 0.1) is 5.82 Å². The highest BCUT2D eigenvalue weighted by molar-refractivity contribution is 7.86. The summed E-state index contributed by atoms with van der Waals surface area (Å²) in [6, 6.07) is 10.5. The van der Waals surface area contributed by atoms with E-state index in [1.165, 1.54) is 29.6 Å². The number of phenolic OH excluding ortho intramolecular Hbond substituents is 1. The summed E-state index contributed by atoms with van der Waals surface area (Å²) in [5, 5.41) is 18.1. The van der Waals surface area contributed by atoms with E-state index >= 15 is 0 Å². The summed E-state index contributed by atoms with van der Waals surface area (Å²) < 4.78 is 43.6. The van der Waals surface area contributed by atoms with E-state index in [0.717, 1.165) is 0 Å². The molecule has 30 heavy (non-hydrogen) atoms. The molecule has 8 nitrogen and oxygen atoms in total. The van der Waals surface area contributed by atoms with Gasteiger partial charge in [-0.25, -0.2) is 9.53 Å². The Morgan fingerprint density at radius 1 is 1.27 bits per heavy atom. The summed E-state index contributed by atoms with van der Waals surface area (Å²) in [6.07, 6.45) is 0.677. The highest BCUT2D eigenvalue weighted by Gasteiger charge is 2.39. The minimum atomic E-state index is -3.83. The molecular weight excluding hydrogens is 413 g/mol. The van der Waals surface area contributed by atoms with Gasteiger partial charge in [-0.15, -0.1) is 0 Å². The van der Waals surface area contributed by atoms with Crippen molar-refractivity contribution in [2.24, 2.45) is 5.14 Å². The van der Waals surface area contributed by atoms with E-state index < -0.39 is 27.3 Å². The van der Waals surface area contributed by atoms with Crippen LogP contribution in [0.1, 0.15) is 28.8 Å². The molecule has 1 aliphatic heterocycles. The lowest BCUT2D eigenvalue weighted by atomic mass is 9.73. The maximum Gasteiger partial charge on any atom is 0.276 e. The lowest BCUT2D eigenvalue weighted by Gasteiger charge is -2.41. The number of benzene rings is 2. The first-order valence-corrected chi connectivity index (χ1v) is 10.8. The van der Waals surface area contributed by atoms with Gasteiger partial charge in [-0.2, -0.15) is 12.7 Å². The van der Waals surface area contributed by atoms with E-state index in [4.69, 9.17) is 9.88 Å². The highest BCUT2D eigenvalue weighted by atomic mass is 32.2. The number of nitrogens with two attached hydrogens (primary N) is 1. The van der Waals surface area contributed by atoms with E-state index in [1.54, 1.807) is 24.3 Å². The zero-order valence-corrected chi connectivity index (χ0v) is 17.3. The van der Waals surface area contributed by atoms with Crippen molar-refractivity contribution in [3.05, 3.63) is 59.4 Å².